The smallest absolute Gasteiger partial charge is 0.00111 e. The Morgan fingerprint density at radius 3 is 2.55 bits per heavy atom. The Balaban J connectivity index is 1.94. The van der Waals surface area contributed by atoms with Crippen molar-refractivity contribution in [1.29, 1.82) is 0 Å². The molecule has 0 bridgehead atoms. The Bertz CT molecular complexity index is 97.7. The second-order valence-electron chi connectivity index (χ2n) is 3.54. The third-order valence-electron chi connectivity index (χ3n) is 2.29. The van der Waals surface area contributed by atoms with Gasteiger partial charge < -0.3 is 4.90 Å². The molecule has 0 N–H and O–H groups in total. The van der Waals surface area contributed by atoms with E-state index in [1.807, 2.05) is 0 Å². The van der Waals surface area contributed by atoms with Gasteiger partial charge in [-0.05, 0) is 50.6 Å². The number of hydrogen-bond acceptors (Lipinski definition) is 2. The van der Waals surface area contributed by atoms with Crippen LogP contribution in [0.5, 0.6) is 0 Å². The molecule has 0 aromatic rings. The minimum atomic E-state index is 0.581. The van der Waals surface area contributed by atoms with E-state index >= 15 is 0 Å². The highest BCUT2D eigenvalue weighted by molar-refractivity contribution is 7.80. The summed E-state index contributed by atoms with van der Waals surface area (Å²) in [6.45, 7) is 6.14. The highest BCUT2D eigenvalue weighted by atomic mass is 32.1. The van der Waals surface area contributed by atoms with Crippen molar-refractivity contribution in [1.82, 2.24) is 4.90 Å². The van der Waals surface area contributed by atoms with Gasteiger partial charge in [-0.15, -0.1) is 0 Å². The molecule has 66 valence electrons. The lowest BCUT2D eigenvalue weighted by Gasteiger charge is -2.14. The van der Waals surface area contributed by atoms with Crippen molar-refractivity contribution < 1.29 is 0 Å². The molecule has 0 aliphatic carbocycles. The van der Waals surface area contributed by atoms with E-state index in [1.165, 1.54) is 45.3 Å². The monoisotopic (exact) mass is 173 g/mol. The molecule has 0 aromatic heterocycles. The van der Waals surface area contributed by atoms with Gasteiger partial charge in [0.1, 0.15) is 0 Å². The first kappa shape index (κ1) is 9.40. The van der Waals surface area contributed by atoms with Crippen LogP contribution < -0.4 is 0 Å². The van der Waals surface area contributed by atoms with Crippen molar-refractivity contribution in [2.45, 2.75) is 37.9 Å². The molecule has 2 heteroatoms. The van der Waals surface area contributed by atoms with Crippen LogP contribution in [0.1, 0.15) is 32.6 Å². The van der Waals surface area contributed by atoms with E-state index < -0.39 is 0 Å². The van der Waals surface area contributed by atoms with Crippen LogP contribution in [-0.2, 0) is 0 Å². The molecule has 1 nitrogen and oxygen atoms in total. The third kappa shape index (κ3) is 4.02. The van der Waals surface area contributed by atoms with Gasteiger partial charge in [0, 0.05) is 0 Å². The summed E-state index contributed by atoms with van der Waals surface area (Å²) in [6.07, 6.45) is 5.41. The summed E-state index contributed by atoms with van der Waals surface area (Å²) in [6, 6.07) is 0. The van der Waals surface area contributed by atoms with Gasteiger partial charge in [0.05, 0.1) is 0 Å². The van der Waals surface area contributed by atoms with Crippen LogP contribution in [0.3, 0.4) is 0 Å². The van der Waals surface area contributed by atoms with Crippen LogP contribution in [0.25, 0.3) is 0 Å². The highest BCUT2D eigenvalue weighted by Crippen LogP contribution is 2.10. The van der Waals surface area contributed by atoms with Gasteiger partial charge in [0.2, 0.25) is 0 Å². The lowest BCUT2D eigenvalue weighted by Crippen LogP contribution is -2.20. The number of nitrogens with zero attached hydrogens (tertiary/aromatic N) is 1. The zero-order valence-corrected chi connectivity index (χ0v) is 8.32. The van der Waals surface area contributed by atoms with Crippen molar-refractivity contribution in [2.75, 3.05) is 19.6 Å². The van der Waals surface area contributed by atoms with E-state index in [9.17, 15) is 0 Å². The van der Waals surface area contributed by atoms with Crippen molar-refractivity contribution in [2.24, 2.45) is 0 Å². The minimum Gasteiger partial charge on any atom is -0.303 e. The summed E-state index contributed by atoms with van der Waals surface area (Å²) < 4.78 is 0. The second kappa shape index (κ2) is 5.04. The number of likely N-dealkylation sites (tertiary alicyclic amines) is 1. The fraction of sp³-hybridized carbons (Fsp3) is 1.00. The van der Waals surface area contributed by atoms with E-state index in [2.05, 4.69) is 24.5 Å². The normalized spacial score (nSPS) is 22.4. The molecule has 1 heterocycles. The van der Waals surface area contributed by atoms with E-state index in [1.54, 1.807) is 0 Å². The van der Waals surface area contributed by atoms with Crippen LogP contribution in [0.15, 0.2) is 0 Å². The lowest BCUT2D eigenvalue weighted by atomic mass is 10.2. The van der Waals surface area contributed by atoms with Crippen molar-refractivity contribution in [3.8, 4) is 0 Å². The molecule has 0 amide bonds. The molecule has 1 atom stereocenters. The predicted molar refractivity (Wildman–Crippen MR) is 53.4 cm³/mol. The molecular formula is C9H19NS. The summed E-state index contributed by atoms with van der Waals surface area (Å²) in [5, 5.41) is 0.581. The Hall–Kier alpha value is 0.310. The Labute approximate surface area is 75.6 Å². The van der Waals surface area contributed by atoms with Crippen molar-refractivity contribution >= 4 is 12.6 Å². The Morgan fingerprint density at radius 1 is 1.36 bits per heavy atom. The van der Waals surface area contributed by atoms with Crippen LogP contribution in [0, 0.1) is 0 Å². The van der Waals surface area contributed by atoms with E-state index in [4.69, 9.17) is 0 Å². The maximum atomic E-state index is 4.36. The molecule has 11 heavy (non-hydrogen) atoms. The van der Waals surface area contributed by atoms with Gasteiger partial charge in [-0.2, -0.15) is 12.6 Å². The van der Waals surface area contributed by atoms with E-state index in [-0.39, 0.29) is 0 Å². The van der Waals surface area contributed by atoms with Gasteiger partial charge in [-0.1, -0.05) is 6.92 Å². The van der Waals surface area contributed by atoms with E-state index in [0.29, 0.717) is 5.25 Å². The lowest BCUT2D eigenvalue weighted by molar-refractivity contribution is 0.330. The average molecular weight is 173 g/mol. The third-order valence-corrected chi connectivity index (χ3v) is 2.55. The highest BCUT2D eigenvalue weighted by Gasteiger charge is 2.10. The van der Waals surface area contributed by atoms with Gasteiger partial charge in [0.15, 0.2) is 0 Å². The molecular weight excluding hydrogens is 154 g/mol. The maximum Gasteiger partial charge on any atom is -0.00111 e. The standard InChI is InChI=1S/C9H19NS/c1-9(11)5-4-8-10-6-2-3-7-10/h9,11H,2-8H2,1H3. The largest absolute Gasteiger partial charge is 0.303 e. The topological polar surface area (TPSA) is 3.24 Å². The van der Waals surface area contributed by atoms with Crippen LogP contribution in [0.2, 0.25) is 0 Å². The number of thiol groups is 1. The molecule has 0 aromatic carbocycles. The summed E-state index contributed by atoms with van der Waals surface area (Å²) >= 11 is 4.36. The second-order valence-corrected chi connectivity index (χ2v) is 4.42. The summed E-state index contributed by atoms with van der Waals surface area (Å²) in [7, 11) is 0. The number of hydrogen-bond donors (Lipinski definition) is 1. The summed E-state index contributed by atoms with van der Waals surface area (Å²) in [4.78, 5) is 2.57. The van der Waals surface area contributed by atoms with Gasteiger partial charge >= 0.3 is 0 Å². The van der Waals surface area contributed by atoms with Crippen molar-refractivity contribution in [3.05, 3.63) is 0 Å². The van der Waals surface area contributed by atoms with Gasteiger partial charge in [-0.25, -0.2) is 0 Å². The minimum absolute atomic E-state index is 0.581. The molecule has 0 radical (unpaired) electrons. The summed E-state index contributed by atoms with van der Waals surface area (Å²) in [5.41, 5.74) is 0. The van der Waals surface area contributed by atoms with Gasteiger partial charge in [-0.3, -0.25) is 0 Å². The molecule has 1 aliphatic heterocycles. The predicted octanol–water partition coefficient (Wildman–Crippen LogP) is 2.18. The molecule has 1 rings (SSSR count). The molecule has 0 spiro atoms. The quantitative estimate of drug-likeness (QED) is 0.638. The molecule has 1 unspecified atom stereocenters. The zero-order valence-electron chi connectivity index (χ0n) is 7.42. The fourth-order valence-electron chi connectivity index (χ4n) is 1.62. The Morgan fingerprint density at radius 2 is 2.00 bits per heavy atom. The SMILES string of the molecule is CC(S)CCCN1CCCC1. The first-order valence-corrected chi connectivity index (χ1v) is 5.21. The first-order chi connectivity index (χ1) is 5.29. The van der Waals surface area contributed by atoms with Crippen LogP contribution in [0.4, 0.5) is 0 Å². The maximum absolute atomic E-state index is 4.36. The number of rotatable bonds is 4. The summed E-state index contributed by atoms with van der Waals surface area (Å²) in [5.74, 6) is 0. The zero-order chi connectivity index (χ0) is 8.10. The van der Waals surface area contributed by atoms with Crippen molar-refractivity contribution in [3.63, 3.8) is 0 Å². The average Bonchev–Trinajstić information content (AvgIpc) is 2.39. The van der Waals surface area contributed by atoms with E-state index in [0.717, 1.165) is 0 Å². The molecule has 1 aliphatic rings. The molecule has 1 fully saturated rings. The fourth-order valence-corrected chi connectivity index (χ4v) is 1.80. The Kier molecular flexibility index (Phi) is 4.31. The molecule has 1 saturated heterocycles. The molecule has 0 saturated carbocycles. The van der Waals surface area contributed by atoms with Crippen LogP contribution in [-0.4, -0.2) is 29.8 Å². The first-order valence-electron chi connectivity index (χ1n) is 4.69. The van der Waals surface area contributed by atoms with Crippen LogP contribution >= 0.6 is 12.6 Å². The van der Waals surface area contributed by atoms with Gasteiger partial charge in [0.25, 0.3) is 0 Å².